The lowest BCUT2D eigenvalue weighted by molar-refractivity contribution is 0.0712. The summed E-state index contributed by atoms with van der Waals surface area (Å²) in [5.74, 6) is -0.318. The van der Waals surface area contributed by atoms with Crippen molar-refractivity contribution in [1.29, 1.82) is 5.26 Å². The fourth-order valence-electron chi connectivity index (χ4n) is 4.40. The van der Waals surface area contributed by atoms with E-state index in [-0.39, 0.29) is 23.4 Å². The molecule has 188 valence electrons. The standard InChI is InChI=1S/C29H29N5O3/c1-19-4-7-23(16-26(19)32-27(35)24-10-11-25(31-18-24)29(37)33(2)3)28(36)34-14-12-22(13-15-34)21-8-5-20(17-30)6-9-21/h4-11,16,18,22H,12-15H2,1-3H3,(H,32,35). The lowest BCUT2D eigenvalue weighted by Gasteiger charge is -2.32. The number of carbonyl (C=O) groups excluding carboxylic acids is 3. The maximum absolute atomic E-state index is 13.2. The van der Waals surface area contributed by atoms with Crippen LogP contribution in [0.4, 0.5) is 5.69 Å². The Balaban J connectivity index is 1.40. The Hall–Kier alpha value is -4.51. The van der Waals surface area contributed by atoms with Gasteiger partial charge >= 0.3 is 0 Å². The second-order valence-electron chi connectivity index (χ2n) is 9.42. The minimum atomic E-state index is -0.368. The van der Waals surface area contributed by atoms with Gasteiger partial charge < -0.3 is 15.1 Å². The summed E-state index contributed by atoms with van der Waals surface area (Å²) in [5, 5.41) is 11.9. The van der Waals surface area contributed by atoms with Gasteiger partial charge in [0.1, 0.15) is 5.69 Å². The second-order valence-corrected chi connectivity index (χ2v) is 9.42. The van der Waals surface area contributed by atoms with Crippen LogP contribution in [-0.4, -0.2) is 59.7 Å². The van der Waals surface area contributed by atoms with E-state index >= 15 is 0 Å². The van der Waals surface area contributed by atoms with Gasteiger partial charge in [0, 0.05) is 44.6 Å². The monoisotopic (exact) mass is 495 g/mol. The molecule has 2 aromatic carbocycles. The molecule has 1 saturated heterocycles. The first-order valence-electron chi connectivity index (χ1n) is 12.2. The van der Waals surface area contributed by atoms with Gasteiger partial charge in [-0.2, -0.15) is 5.26 Å². The molecule has 0 unspecified atom stereocenters. The number of anilines is 1. The van der Waals surface area contributed by atoms with Crippen molar-refractivity contribution >= 4 is 23.4 Å². The predicted octanol–water partition coefficient (Wildman–Crippen LogP) is 4.24. The number of aryl methyl sites for hydroxylation is 1. The average molecular weight is 496 g/mol. The van der Waals surface area contributed by atoms with Crippen molar-refractivity contribution in [3.63, 3.8) is 0 Å². The minimum Gasteiger partial charge on any atom is -0.343 e. The van der Waals surface area contributed by atoms with Crippen molar-refractivity contribution < 1.29 is 14.4 Å². The van der Waals surface area contributed by atoms with Gasteiger partial charge in [0.15, 0.2) is 0 Å². The summed E-state index contributed by atoms with van der Waals surface area (Å²) in [7, 11) is 3.28. The highest BCUT2D eigenvalue weighted by atomic mass is 16.2. The Morgan fingerprint density at radius 2 is 1.68 bits per heavy atom. The van der Waals surface area contributed by atoms with Gasteiger partial charge in [-0.05, 0) is 73.2 Å². The van der Waals surface area contributed by atoms with E-state index in [1.807, 2.05) is 42.2 Å². The first kappa shape index (κ1) is 25.6. The molecular weight excluding hydrogens is 466 g/mol. The molecule has 0 spiro atoms. The average Bonchev–Trinajstić information content (AvgIpc) is 2.93. The summed E-state index contributed by atoms with van der Waals surface area (Å²) in [6.07, 6.45) is 3.08. The third kappa shape index (κ3) is 5.84. The number of hydrogen-bond donors (Lipinski definition) is 1. The molecule has 0 radical (unpaired) electrons. The number of rotatable bonds is 5. The van der Waals surface area contributed by atoms with Crippen molar-refractivity contribution in [2.24, 2.45) is 0 Å². The smallest absolute Gasteiger partial charge is 0.271 e. The zero-order chi connectivity index (χ0) is 26.5. The molecule has 8 nitrogen and oxygen atoms in total. The molecule has 1 fully saturated rings. The lowest BCUT2D eigenvalue weighted by atomic mass is 9.89. The van der Waals surface area contributed by atoms with E-state index in [2.05, 4.69) is 16.4 Å². The van der Waals surface area contributed by atoms with E-state index in [1.165, 1.54) is 22.7 Å². The molecule has 1 N–H and O–H groups in total. The molecule has 1 aliphatic heterocycles. The summed E-state index contributed by atoms with van der Waals surface area (Å²) < 4.78 is 0. The van der Waals surface area contributed by atoms with E-state index in [1.54, 1.807) is 32.3 Å². The summed E-state index contributed by atoms with van der Waals surface area (Å²) >= 11 is 0. The number of aromatic nitrogens is 1. The fraction of sp³-hybridized carbons (Fsp3) is 0.276. The highest BCUT2D eigenvalue weighted by Crippen LogP contribution is 2.29. The van der Waals surface area contributed by atoms with E-state index in [4.69, 9.17) is 5.26 Å². The molecule has 0 saturated carbocycles. The number of likely N-dealkylation sites (tertiary alicyclic amines) is 1. The highest BCUT2D eigenvalue weighted by molar-refractivity contribution is 6.05. The number of carbonyl (C=O) groups is 3. The third-order valence-electron chi connectivity index (χ3n) is 6.68. The number of nitrogens with zero attached hydrogens (tertiary/aromatic N) is 4. The molecule has 0 atom stereocenters. The van der Waals surface area contributed by atoms with Crippen molar-refractivity contribution in [2.75, 3.05) is 32.5 Å². The third-order valence-corrected chi connectivity index (χ3v) is 6.68. The number of piperidine rings is 1. The topological polar surface area (TPSA) is 106 Å². The van der Waals surface area contributed by atoms with Crippen LogP contribution in [0.25, 0.3) is 0 Å². The van der Waals surface area contributed by atoms with Gasteiger partial charge in [-0.15, -0.1) is 0 Å². The molecule has 37 heavy (non-hydrogen) atoms. The van der Waals surface area contributed by atoms with E-state index in [9.17, 15) is 14.4 Å². The van der Waals surface area contributed by atoms with Gasteiger partial charge in [-0.3, -0.25) is 19.4 Å². The van der Waals surface area contributed by atoms with Crippen LogP contribution in [0.2, 0.25) is 0 Å². The molecule has 3 amide bonds. The normalized spacial score (nSPS) is 13.5. The molecule has 8 heteroatoms. The van der Waals surface area contributed by atoms with E-state index in [0.29, 0.717) is 41.4 Å². The maximum Gasteiger partial charge on any atom is 0.271 e. The zero-order valence-corrected chi connectivity index (χ0v) is 21.2. The fourth-order valence-corrected chi connectivity index (χ4v) is 4.40. The zero-order valence-electron chi connectivity index (χ0n) is 21.2. The number of hydrogen-bond acceptors (Lipinski definition) is 5. The Bertz CT molecular complexity index is 1350. The largest absolute Gasteiger partial charge is 0.343 e. The number of nitrogens with one attached hydrogen (secondary N) is 1. The molecule has 1 aromatic heterocycles. The van der Waals surface area contributed by atoms with E-state index in [0.717, 1.165) is 18.4 Å². The van der Waals surface area contributed by atoms with Crippen molar-refractivity contribution in [2.45, 2.75) is 25.7 Å². The van der Waals surface area contributed by atoms with Gasteiger partial charge in [0.2, 0.25) is 0 Å². The maximum atomic E-state index is 13.2. The highest BCUT2D eigenvalue weighted by Gasteiger charge is 2.25. The van der Waals surface area contributed by atoms with Crippen LogP contribution in [0.3, 0.4) is 0 Å². The minimum absolute atomic E-state index is 0.0676. The number of amides is 3. The van der Waals surface area contributed by atoms with Crippen molar-refractivity contribution in [3.05, 3.63) is 94.3 Å². The SMILES string of the molecule is Cc1ccc(C(=O)N2CCC(c3ccc(C#N)cc3)CC2)cc1NC(=O)c1ccc(C(=O)N(C)C)nc1. The van der Waals surface area contributed by atoms with Crippen LogP contribution in [0, 0.1) is 18.3 Å². The van der Waals surface area contributed by atoms with Crippen LogP contribution >= 0.6 is 0 Å². The summed E-state index contributed by atoms with van der Waals surface area (Å²) in [6.45, 7) is 3.15. The lowest BCUT2D eigenvalue weighted by Crippen LogP contribution is -2.38. The number of benzene rings is 2. The molecular formula is C29H29N5O3. The molecule has 4 rings (SSSR count). The molecule has 0 aliphatic carbocycles. The van der Waals surface area contributed by atoms with E-state index < -0.39 is 0 Å². The first-order valence-corrected chi connectivity index (χ1v) is 12.2. The predicted molar refractivity (Wildman–Crippen MR) is 140 cm³/mol. The number of nitriles is 1. The Morgan fingerprint density at radius 3 is 2.27 bits per heavy atom. The Labute approximate surface area is 216 Å². The van der Waals surface area contributed by atoms with Crippen LogP contribution in [0.5, 0.6) is 0 Å². The molecule has 2 heterocycles. The summed E-state index contributed by atoms with van der Waals surface area (Å²) in [5.41, 5.74) is 4.31. The number of pyridine rings is 1. The summed E-state index contributed by atoms with van der Waals surface area (Å²) in [4.78, 5) is 45.4. The van der Waals surface area contributed by atoms with Crippen LogP contribution in [0.15, 0.2) is 60.8 Å². The van der Waals surface area contributed by atoms with Crippen LogP contribution in [-0.2, 0) is 0 Å². The van der Waals surface area contributed by atoms with Gasteiger partial charge in [-0.1, -0.05) is 18.2 Å². The molecule has 1 aliphatic rings. The Kier molecular flexibility index (Phi) is 7.63. The molecule has 3 aromatic rings. The molecule has 0 bridgehead atoms. The van der Waals surface area contributed by atoms with Crippen LogP contribution in [0.1, 0.15) is 66.7 Å². The Morgan fingerprint density at radius 1 is 1.00 bits per heavy atom. The van der Waals surface area contributed by atoms with Crippen molar-refractivity contribution in [1.82, 2.24) is 14.8 Å². The van der Waals surface area contributed by atoms with Gasteiger partial charge in [0.25, 0.3) is 17.7 Å². The van der Waals surface area contributed by atoms with Crippen LogP contribution < -0.4 is 5.32 Å². The van der Waals surface area contributed by atoms with Crippen molar-refractivity contribution in [3.8, 4) is 6.07 Å². The second kappa shape index (κ2) is 11.0. The summed E-state index contributed by atoms with van der Waals surface area (Å²) in [6, 6.07) is 18.2. The van der Waals surface area contributed by atoms with Gasteiger partial charge in [-0.25, -0.2) is 0 Å². The first-order chi connectivity index (χ1) is 17.8. The quantitative estimate of drug-likeness (QED) is 0.570. The van der Waals surface area contributed by atoms with Gasteiger partial charge in [0.05, 0.1) is 17.2 Å².